The number of nitrogen functional groups attached to an aromatic ring is 2. The van der Waals surface area contributed by atoms with E-state index in [2.05, 4.69) is 65.5 Å². The summed E-state index contributed by atoms with van der Waals surface area (Å²) in [7, 11) is 4.16. The molecule has 6 heteroatoms. The summed E-state index contributed by atoms with van der Waals surface area (Å²) in [6, 6.07) is 10.9. The highest BCUT2D eigenvalue weighted by atomic mass is 15.1. The highest BCUT2D eigenvalue weighted by Gasteiger charge is 2.21. The minimum Gasteiger partial charge on any atom is -0.383 e. The van der Waals surface area contributed by atoms with Gasteiger partial charge in [0.05, 0.1) is 0 Å². The molecule has 22 heavy (non-hydrogen) atoms. The molecule has 118 valence electrons. The van der Waals surface area contributed by atoms with Gasteiger partial charge in [-0.2, -0.15) is 4.98 Å². The van der Waals surface area contributed by atoms with Gasteiger partial charge in [0.25, 0.3) is 0 Å². The summed E-state index contributed by atoms with van der Waals surface area (Å²) < 4.78 is 0. The third-order valence-corrected chi connectivity index (χ3v) is 3.70. The summed E-state index contributed by atoms with van der Waals surface area (Å²) in [5.41, 5.74) is 13.5. The van der Waals surface area contributed by atoms with Crippen LogP contribution in [0, 0.1) is 0 Å². The van der Waals surface area contributed by atoms with E-state index in [1.165, 1.54) is 5.56 Å². The van der Waals surface area contributed by atoms with E-state index in [1.807, 2.05) is 6.07 Å². The zero-order valence-corrected chi connectivity index (χ0v) is 13.3. The summed E-state index contributed by atoms with van der Waals surface area (Å²) in [6.07, 6.45) is 1.67. The monoisotopic (exact) mass is 300 g/mol. The van der Waals surface area contributed by atoms with Gasteiger partial charge < -0.3 is 21.7 Å². The van der Waals surface area contributed by atoms with Gasteiger partial charge in [0, 0.05) is 30.4 Å². The average molecular weight is 300 g/mol. The first-order valence-corrected chi connectivity index (χ1v) is 7.30. The molecule has 2 rings (SSSR count). The summed E-state index contributed by atoms with van der Waals surface area (Å²) >= 11 is 0. The van der Waals surface area contributed by atoms with Crippen LogP contribution in [0.5, 0.6) is 0 Å². The molecule has 0 aliphatic carbocycles. The quantitative estimate of drug-likeness (QED) is 0.747. The molecule has 6 nitrogen and oxygen atoms in total. The minimum atomic E-state index is 0.199. The van der Waals surface area contributed by atoms with Crippen LogP contribution in [-0.4, -0.2) is 35.0 Å². The molecule has 0 fully saturated rings. The van der Waals surface area contributed by atoms with Crippen molar-refractivity contribution < 1.29 is 0 Å². The van der Waals surface area contributed by atoms with Crippen LogP contribution in [0.15, 0.2) is 36.5 Å². The highest BCUT2D eigenvalue weighted by molar-refractivity contribution is 5.41. The smallest absolute Gasteiger partial charge is 0.221 e. The van der Waals surface area contributed by atoms with Crippen molar-refractivity contribution in [3.8, 4) is 0 Å². The summed E-state index contributed by atoms with van der Waals surface area (Å²) in [4.78, 5) is 10.2. The van der Waals surface area contributed by atoms with Crippen LogP contribution in [0.2, 0.25) is 0 Å². The predicted octanol–water partition coefficient (Wildman–Crippen LogP) is 1.42. The third-order valence-electron chi connectivity index (χ3n) is 3.70. The van der Waals surface area contributed by atoms with Crippen LogP contribution in [0.1, 0.15) is 24.1 Å². The Hall–Kier alpha value is -2.18. The second-order valence-electron chi connectivity index (χ2n) is 5.63. The second-order valence-corrected chi connectivity index (χ2v) is 5.63. The van der Waals surface area contributed by atoms with Crippen molar-refractivity contribution >= 4 is 11.8 Å². The molecule has 0 aliphatic heterocycles. The van der Waals surface area contributed by atoms with Crippen molar-refractivity contribution in [3.05, 3.63) is 47.7 Å². The second kappa shape index (κ2) is 7.20. The van der Waals surface area contributed by atoms with Crippen LogP contribution >= 0.6 is 0 Å². The Kier molecular flexibility index (Phi) is 5.30. The Morgan fingerprint density at radius 1 is 1.18 bits per heavy atom. The number of nitrogens with zero attached hydrogens (tertiary/aromatic N) is 3. The molecule has 2 unspecified atom stereocenters. The first-order valence-electron chi connectivity index (χ1n) is 7.30. The van der Waals surface area contributed by atoms with Gasteiger partial charge in [0.15, 0.2) is 0 Å². The van der Waals surface area contributed by atoms with Crippen LogP contribution in [0.3, 0.4) is 0 Å². The average Bonchev–Trinajstić information content (AvgIpc) is 2.47. The lowest BCUT2D eigenvalue weighted by atomic mass is 9.99. The number of nitrogens with two attached hydrogens (primary N) is 2. The maximum absolute atomic E-state index is 5.87. The normalized spacial score (nSPS) is 14.0. The summed E-state index contributed by atoms with van der Waals surface area (Å²) in [6.45, 7) is 2.76. The van der Waals surface area contributed by atoms with Crippen molar-refractivity contribution in [2.75, 3.05) is 25.6 Å². The zero-order valence-electron chi connectivity index (χ0n) is 13.3. The van der Waals surface area contributed by atoms with Gasteiger partial charge in [-0.3, -0.25) is 0 Å². The molecule has 0 saturated heterocycles. The fraction of sp³-hybridized carbons (Fsp3) is 0.375. The van der Waals surface area contributed by atoms with Gasteiger partial charge in [0.1, 0.15) is 5.82 Å². The van der Waals surface area contributed by atoms with E-state index in [9.17, 15) is 0 Å². The van der Waals surface area contributed by atoms with E-state index in [1.54, 1.807) is 6.20 Å². The van der Waals surface area contributed by atoms with Gasteiger partial charge in [-0.05, 0) is 26.6 Å². The summed E-state index contributed by atoms with van der Waals surface area (Å²) in [5, 5.41) is 3.50. The Labute approximate surface area is 131 Å². The standard InChI is InChI=1S/C16H24N6/c1-11(14(22(2)3)12-7-5-4-6-8-12)19-9-13-10-20-16(18)21-15(13)17/h4-8,10-11,14,19H,9H2,1-3H3,(H4,17,18,20,21). The molecule has 2 atom stereocenters. The van der Waals surface area contributed by atoms with E-state index in [0.29, 0.717) is 12.4 Å². The molecule has 1 aromatic heterocycles. The van der Waals surface area contributed by atoms with Crippen LogP contribution in [0.4, 0.5) is 11.8 Å². The zero-order chi connectivity index (χ0) is 16.1. The van der Waals surface area contributed by atoms with Crippen molar-refractivity contribution in [3.63, 3.8) is 0 Å². The molecule has 5 N–H and O–H groups in total. The van der Waals surface area contributed by atoms with Crippen LogP contribution < -0.4 is 16.8 Å². The van der Waals surface area contributed by atoms with Gasteiger partial charge in [-0.1, -0.05) is 30.3 Å². The highest BCUT2D eigenvalue weighted by Crippen LogP contribution is 2.22. The topological polar surface area (TPSA) is 93.1 Å². The van der Waals surface area contributed by atoms with E-state index < -0.39 is 0 Å². The number of hydrogen-bond acceptors (Lipinski definition) is 6. The number of nitrogens with one attached hydrogen (secondary N) is 1. The van der Waals surface area contributed by atoms with E-state index >= 15 is 0 Å². The van der Waals surface area contributed by atoms with E-state index in [0.717, 1.165) is 5.56 Å². The molecule has 0 spiro atoms. The van der Waals surface area contributed by atoms with Gasteiger partial charge >= 0.3 is 0 Å². The lowest BCUT2D eigenvalue weighted by Gasteiger charge is -2.31. The molecular formula is C16H24N6. The molecule has 2 aromatic rings. The van der Waals surface area contributed by atoms with Gasteiger partial charge in [-0.25, -0.2) is 4.98 Å². The molecule has 0 radical (unpaired) electrons. The Balaban J connectivity index is 2.07. The van der Waals surface area contributed by atoms with Gasteiger partial charge in [-0.15, -0.1) is 0 Å². The number of anilines is 2. The molecule has 1 heterocycles. The van der Waals surface area contributed by atoms with Crippen LogP contribution in [0.25, 0.3) is 0 Å². The Bertz CT molecular complexity index is 599. The fourth-order valence-electron chi connectivity index (χ4n) is 2.64. The first kappa shape index (κ1) is 16.2. The maximum Gasteiger partial charge on any atom is 0.221 e. The minimum absolute atomic E-state index is 0.199. The van der Waals surface area contributed by atoms with Crippen LogP contribution in [-0.2, 0) is 6.54 Å². The molecule has 0 bridgehead atoms. The molecular weight excluding hydrogens is 276 g/mol. The first-order chi connectivity index (χ1) is 10.5. The molecule has 1 aromatic carbocycles. The number of hydrogen-bond donors (Lipinski definition) is 3. The number of likely N-dealkylation sites (N-methyl/N-ethyl adjacent to an activating group) is 1. The lowest BCUT2D eigenvalue weighted by molar-refractivity contribution is 0.239. The third kappa shape index (κ3) is 3.93. The lowest BCUT2D eigenvalue weighted by Crippen LogP contribution is -2.39. The number of rotatable bonds is 6. The fourth-order valence-corrected chi connectivity index (χ4v) is 2.64. The Morgan fingerprint density at radius 3 is 2.45 bits per heavy atom. The van der Waals surface area contributed by atoms with E-state index in [-0.39, 0.29) is 18.0 Å². The number of benzene rings is 1. The SMILES string of the molecule is CC(NCc1cnc(N)nc1N)C(c1ccccc1)N(C)C. The van der Waals surface area contributed by atoms with E-state index in [4.69, 9.17) is 11.5 Å². The molecule has 0 aliphatic rings. The van der Waals surface area contributed by atoms with Crippen molar-refractivity contribution in [1.82, 2.24) is 20.2 Å². The maximum atomic E-state index is 5.87. The Morgan fingerprint density at radius 2 is 1.86 bits per heavy atom. The van der Waals surface area contributed by atoms with Gasteiger partial charge in [0.2, 0.25) is 5.95 Å². The molecule has 0 amide bonds. The van der Waals surface area contributed by atoms with Crippen molar-refractivity contribution in [2.45, 2.75) is 25.6 Å². The van der Waals surface area contributed by atoms with Crippen molar-refractivity contribution in [2.24, 2.45) is 0 Å². The number of aromatic nitrogens is 2. The largest absolute Gasteiger partial charge is 0.383 e. The molecule has 0 saturated carbocycles. The summed E-state index contributed by atoms with van der Waals surface area (Å²) in [5.74, 6) is 0.623. The predicted molar refractivity (Wildman–Crippen MR) is 90.0 cm³/mol. The van der Waals surface area contributed by atoms with Crippen molar-refractivity contribution in [1.29, 1.82) is 0 Å².